The monoisotopic (exact) mass is 267 g/mol. The Labute approximate surface area is 96.8 Å². The lowest BCUT2D eigenvalue weighted by molar-refractivity contribution is 0.0526. The van der Waals surface area contributed by atoms with Crippen molar-refractivity contribution < 1.29 is 9.53 Å². The fourth-order valence-corrected chi connectivity index (χ4v) is 1.69. The first-order chi connectivity index (χ1) is 7.24. The molecule has 0 atom stereocenters. The highest BCUT2D eigenvalue weighted by molar-refractivity contribution is 9.08. The number of halogens is 1. The zero-order valence-corrected chi connectivity index (χ0v) is 9.87. The van der Waals surface area contributed by atoms with Gasteiger partial charge in [0.2, 0.25) is 0 Å². The van der Waals surface area contributed by atoms with E-state index in [1.54, 1.807) is 25.1 Å². The highest BCUT2D eigenvalue weighted by atomic mass is 79.9. The second kappa shape index (κ2) is 5.52. The Kier molecular flexibility index (Phi) is 4.32. The van der Waals surface area contributed by atoms with Gasteiger partial charge in [-0.15, -0.1) is 0 Å². The first-order valence-electron chi connectivity index (χ1n) is 4.49. The molecule has 0 saturated heterocycles. The van der Waals surface area contributed by atoms with Crippen LogP contribution in [0, 0.1) is 11.3 Å². The smallest absolute Gasteiger partial charge is 0.339 e. The van der Waals surface area contributed by atoms with Gasteiger partial charge in [-0.05, 0) is 18.6 Å². The largest absolute Gasteiger partial charge is 0.462 e. The molecule has 0 spiro atoms. The summed E-state index contributed by atoms with van der Waals surface area (Å²) in [7, 11) is 0. The van der Waals surface area contributed by atoms with Gasteiger partial charge in [-0.25, -0.2) is 4.79 Å². The van der Waals surface area contributed by atoms with Crippen molar-refractivity contribution in [3.63, 3.8) is 0 Å². The van der Waals surface area contributed by atoms with Crippen molar-refractivity contribution in [1.82, 2.24) is 0 Å². The van der Waals surface area contributed by atoms with Crippen molar-refractivity contribution in [3.05, 3.63) is 34.9 Å². The van der Waals surface area contributed by atoms with E-state index in [4.69, 9.17) is 10.00 Å². The highest BCUT2D eigenvalue weighted by Crippen LogP contribution is 2.17. The standard InChI is InChI=1S/C11H10BrNO2/c1-2-15-11(14)9-5-3-4-8(6-12)10(9)7-13/h3-5H,2,6H2,1H3. The van der Waals surface area contributed by atoms with E-state index in [1.165, 1.54) is 0 Å². The first kappa shape index (κ1) is 11.7. The molecule has 0 amide bonds. The number of nitriles is 1. The first-order valence-corrected chi connectivity index (χ1v) is 5.61. The lowest BCUT2D eigenvalue weighted by atomic mass is 10.0. The van der Waals surface area contributed by atoms with Crippen molar-refractivity contribution in [2.24, 2.45) is 0 Å². The molecule has 1 aromatic rings. The number of alkyl halides is 1. The van der Waals surface area contributed by atoms with Crippen LogP contribution in [0.3, 0.4) is 0 Å². The number of rotatable bonds is 3. The summed E-state index contributed by atoms with van der Waals surface area (Å²) in [6.45, 7) is 2.04. The zero-order valence-electron chi connectivity index (χ0n) is 8.29. The quantitative estimate of drug-likeness (QED) is 0.625. The highest BCUT2D eigenvalue weighted by Gasteiger charge is 2.14. The minimum absolute atomic E-state index is 0.308. The Balaban J connectivity index is 3.18. The summed E-state index contributed by atoms with van der Waals surface area (Å²) in [6, 6.07) is 7.16. The van der Waals surface area contributed by atoms with Crippen LogP contribution >= 0.6 is 15.9 Å². The van der Waals surface area contributed by atoms with Gasteiger partial charge in [-0.3, -0.25) is 0 Å². The van der Waals surface area contributed by atoms with Crippen molar-refractivity contribution in [2.75, 3.05) is 6.61 Å². The molecular formula is C11H10BrNO2. The molecule has 1 aromatic carbocycles. The summed E-state index contributed by atoms with van der Waals surface area (Å²) < 4.78 is 4.86. The average molecular weight is 268 g/mol. The molecule has 0 radical (unpaired) electrons. The molecule has 0 heterocycles. The minimum atomic E-state index is -0.447. The van der Waals surface area contributed by atoms with Crippen LogP contribution in [-0.2, 0) is 10.1 Å². The molecule has 0 aromatic heterocycles. The van der Waals surface area contributed by atoms with E-state index in [9.17, 15) is 4.79 Å². The van der Waals surface area contributed by atoms with Gasteiger partial charge in [0.05, 0.1) is 17.7 Å². The second-order valence-corrected chi connectivity index (χ2v) is 3.37. The van der Waals surface area contributed by atoms with E-state index < -0.39 is 5.97 Å². The van der Waals surface area contributed by atoms with E-state index in [-0.39, 0.29) is 0 Å². The molecule has 3 nitrogen and oxygen atoms in total. The molecule has 0 saturated carbocycles. The molecule has 0 aliphatic heterocycles. The summed E-state index contributed by atoms with van der Waals surface area (Å²) in [5, 5.41) is 9.51. The minimum Gasteiger partial charge on any atom is -0.462 e. The number of carbonyl (C=O) groups excluding carboxylic acids is 1. The number of esters is 1. The molecule has 15 heavy (non-hydrogen) atoms. The van der Waals surface area contributed by atoms with Crippen molar-refractivity contribution in [1.29, 1.82) is 5.26 Å². The summed E-state index contributed by atoms with van der Waals surface area (Å²) in [5.74, 6) is -0.447. The summed E-state index contributed by atoms with van der Waals surface area (Å²) >= 11 is 3.27. The Bertz CT molecular complexity index is 410. The van der Waals surface area contributed by atoms with Crippen molar-refractivity contribution in [3.8, 4) is 6.07 Å². The molecule has 0 aliphatic carbocycles. The Morgan fingerprint density at radius 2 is 2.33 bits per heavy atom. The number of benzene rings is 1. The van der Waals surface area contributed by atoms with Gasteiger partial charge in [-0.2, -0.15) is 5.26 Å². The molecule has 78 valence electrons. The predicted octanol–water partition coefficient (Wildman–Crippen LogP) is 2.63. The molecule has 0 fully saturated rings. The third-order valence-corrected chi connectivity index (χ3v) is 2.51. The van der Waals surface area contributed by atoms with Gasteiger partial charge < -0.3 is 4.74 Å². The van der Waals surface area contributed by atoms with Crippen LogP contribution in [-0.4, -0.2) is 12.6 Å². The summed E-state index contributed by atoms with van der Waals surface area (Å²) in [5.41, 5.74) is 1.51. The number of carbonyl (C=O) groups is 1. The molecule has 0 bridgehead atoms. The second-order valence-electron chi connectivity index (χ2n) is 2.81. The fourth-order valence-electron chi connectivity index (χ4n) is 1.22. The van der Waals surface area contributed by atoms with Gasteiger partial charge in [0.25, 0.3) is 0 Å². The predicted molar refractivity (Wildman–Crippen MR) is 59.7 cm³/mol. The fraction of sp³-hybridized carbons (Fsp3) is 0.273. The lowest BCUT2D eigenvalue weighted by Gasteiger charge is -2.06. The molecule has 0 aliphatic rings. The maximum Gasteiger partial charge on any atom is 0.339 e. The normalized spacial score (nSPS) is 9.40. The van der Waals surface area contributed by atoms with Crippen LogP contribution in [0.2, 0.25) is 0 Å². The summed E-state index contributed by atoms with van der Waals surface area (Å²) in [4.78, 5) is 11.5. The van der Waals surface area contributed by atoms with Gasteiger partial charge in [0.1, 0.15) is 6.07 Å². The topological polar surface area (TPSA) is 50.1 Å². The van der Waals surface area contributed by atoms with Crippen LogP contribution in [0.1, 0.15) is 28.4 Å². The SMILES string of the molecule is CCOC(=O)c1cccc(CBr)c1C#N. The molecular weight excluding hydrogens is 258 g/mol. The van der Waals surface area contributed by atoms with E-state index in [1.807, 2.05) is 6.07 Å². The van der Waals surface area contributed by atoms with Crippen LogP contribution in [0.15, 0.2) is 18.2 Å². The number of nitrogens with zero attached hydrogens (tertiary/aromatic N) is 1. The number of hydrogen-bond donors (Lipinski definition) is 0. The maximum absolute atomic E-state index is 11.5. The van der Waals surface area contributed by atoms with Crippen LogP contribution in [0.4, 0.5) is 0 Å². The van der Waals surface area contributed by atoms with Gasteiger partial charge >= 0.3 is 5.97 Å². The van der Waals surface area contributed by atoms with E-state index in [0.29, 0.717) is 23.1 Å². The number of ether oxygens (including phenoxy) is 1. The third kappa shape index (κ3) is 2.57. The zero-order chi connectivity index (χ0) is 11.3. The van der Waals surface area contributed by atoms with Crippen LogP contribution in [0.25, 0.3) is 0 Å². The van der Waals surface area contributed by atoms with Gasteiger partial charge in [-0.1, -0.05) is 28.1 Å². The number of hydrogen-bond acceptors (Lipinski definition) is 3. The average Bonchev–Trinajstić information content (AvgIpc) is 2.28. The van der Waals surface area contributed by atoms with Crippen molar-refractivity contribution in [2.45, 2.75) is 12.3 Å². The molecule has 1 rings (SSSR count). The Morgan fingerprint density at radius 1 is 1.60 bits per heavy atom. The van der Waals surface area contributed by atoms with Crippen LogP contribution in [0.5, 0.6) is 0 Å². The van der Waals surface area contributed by atoms with Crippen molar-refractivity contribution >= 4 is 21.9 Å². The Hall–Kier alpha value is -1.34. The van der Waals surface area contributed by atoms with E-state index in [2.05, 4.69) is 15.9 Å². The van der Waals surface area contributed by atoms with E-state index in [0.717, 1.165) is 5.56 Å². The molecule has 0 N–H and O–H groups in total. The molecule has 4 heteroatoms. The van der Waals surface area contributed by atoms with Crippen LogP contribution < -0.4 is 0 Å². The lowest BCUT2D eigenvalue weighted by Crippen LogP contribution is -2.08. The third-order valence-electron chi connectivity index (χ3n) is 1.90. The van der Waals surface area contributed by atoms with E-state index >= 15 is 0 Å². The van der Waals surface area contributed by atoms with Gasteiger partial charge in [0, 0.05) is 5.33 Å². The maximum atomic E-state index is 11.5. The molecule has 0 unspecified atom stereocenters. The van der Waals surface area contributed by atoms with Gasteiger partial charge in [0.15, 0.2) is 0 Å². The summed E-state index contributed by atoms with van der Waals surface area (Å²) in [6.07, 6.45) is 0. The Morgan fingerprint density at radius 3 is 2.87 bits per heavy atom.